The quantitative estimate of drug-likeness (QED) is 0.679. The van der Waals surface area contributed by atoms with Gasteiger partial charge < -0.3 is 16.5 Å². The Balaban J connectivity index is 2.21. The summed E-state index contributed by atoms with van der Waals surface area (Å²) >= 11 is 0. The van der Waals surface area contributed by atoms with Crippen LogP contribution in [0.5, 0.6) is 0 Å². The number of imidazole rings is 1. The molecule has 5 N–H and O–H groups in total. The summed E-state index contributed by atoms with van der Waals surface area (Å²) in [4.78, 5) is 18.1. The Morgan fingerprint density at radius 3 is 2.53 bits per heavy atom. The van der Waals surface area contributed by atoms with E-state index < -0.39 is 5.91 Å². The molecule has 1 aliphatic rings. The molecule has 0 unspecified atom stereocenters. The Morgan fingerprint density at radius 2 is 2.00 bits per heavy atom. The molecule has 0 aromatic carbocycles. The summed E-state index contributed by atoms with van der Waals surface area (Å²) in [5, 5.41) is 0. The van der Waals surface area contributed by atoms with Crippen molar-refractivity contribution in [3.63, 3.8) is 0 Å². The molecule has 1 aromatic heterocycles. The van der Waals surface area contributed by atoms with Crippen LogP contribution in [0.25, 0.3) is 0 Å². The van der Waals surface area contributed by atoms with E-state index in [1.54, 1.807) is 0 Å². The molecule has 1 fully saturated rings. The van der Waals surface area contributed by atoms with Gasteiger partial charge in [-0.15, -0.1) is 0 Å². The molecule has 0 bridgehead atoms. The van der Waals surface area contributed by atoms with Gasteiger partial charge in [0.1, 0.15) is 11.5 Å². The standard InChI is InChI=1S/C10H16N4O/c11-8-7(9(12)15)13-10(14-8)6-4-2-1-3-5-6/h6H,1-5,11H2,(H2,12,15)(H,13,14). The molecule has 1 heterocycles. The number of hydrogen-bond acceptors (Lipinski definition) is 3. The van der Waals surface area contributed by atoms with Gasteiger partial charge in [0.05, 0.1) is 0 Å². The van der Waals surface area contributed by atoms with Gasteiger partial charge in [0.15, 0.2) is 5.82 Å². The van der Waals surface area contributed by atoms with E-state index in [0.717, 1.165) is 18.7 Å². The molecule has 82 valence electrons. The largest absolute Gasteiger partial charge is 0.382 e. The molecule has 0 aliphatic heterocycles. The Morgan fingerprint density at radius 1 is 1.33 bits per heavy atom. The van der Waals surface area contributed by atoms with Gasteiger partial charge >= 0.3 is 0 Å². The number of hydrogen-bond donors (Lipinski definition) is 3. The monoisotopic (exact) mass is 208 g/mol. The number of carbonyl (C=O) groups excluding carboxylic acids is 1. The maximum atomic E-state index is 11.0. The molecule has 2 rings (SSSR count). The number of carbonyl (C=O) groups is 1. The van der Waals surface area contributed by atoms with Gasteiger partial charge in [-0.2, -0.15) is 0 Å². The van der Waals surface area contributed by atoms with Crippen LogP contribution in [0.3, 0.4) is 0 Å². The van der Waals surface area contributed by atoms with Crippen molar-refractivity contribution in [1.82, 2.24) is 9.97 Å². The summed E-state index contributed by atoms with van der Waals surface area (Å²) in [5.41, 5.74) is 11.0. The van der Waals surface area contributed by atoms with E-state index >= 15 is 0 Å². The average Bonchev–Trinajstić information content (AvgIpc) is 2.62. The predicted molar refractivity (Wildman–Crippen MR) is 57.3 cm³/mol. The molecule has 5 heteroatoms. The highest BCUT2D eigenvalue weighted by molar-refractivity contribution is 5.95. The van der Waals surface area contributed by atoms with E-state index in [-0.39, 0.29) is 11.5 Å². The number of nitrogens with zero attached hydrogens (tertiary/aromatic N) is 1. The van der Waals surface area contributed by atoms with Gasteiger partial charge in [-0.05, 0) is 12.8 Å². The SMILES string of the molecule is NC(=O)c1[nH]c(C2CCCCC2)nc1N. The van der Waals surface area contributed by atoms with Crippen molar-refractivity contribution in [2.75, 3.05) is 5.73 Å². The minimum Gasteiger partial charge on any atom is -0.382 e. The first-order chi connectivity index (χ1) is 7.18. The van der Waals surface area contributed by atoms with Crippen LogP contribution in [0.2, 0.25) is 0 Å². The Labute approximate surface area is 88.3 Å². The van der Waals surface area contributed by atoms with Crippen LogP contribution >= 0.6 is 0 Å². The molecule has 15 heavy (non-hydrogen) atoms. The van der Waals surface area contributed by atoms with Crippen LogP contribution in [-0.4, -0.2) is 15.9 Å². The normalized spacial score (nSPS) is 17.9. The van der Waals surface area contributed by atoms with Crippen LogP contribution in [0.4, 0.5) is 5.82 Å². The maximum Gasteiger partial charge on any atom is 0.269 e. The number of nitrogens with one attached hydrogen (secondary N) is 1. The number of nitrogen functional groups attached to an aromatic ring is 1. The van der Waals surface area contributed by atoms with Gasteiger partial charge in [0, 0.05) is 5.92 Å². The lowest BCUT2D eigenvalue weighted by molar-refractivity contribution is 0.0997. The molecular formula is C10H16N4O. The van der Waals surface area contributed by atoms with E-state index in [0.29, 0.717) is 5.92 Å². The molecule has 1 amide bonds. The van der Waals surface area contributed by atoms with Crippen LogP contribution in [0.1, 0.15) is 54.3 Å². The lowest BCUT2D eigenvalue weighted by atomic mass is 9.89. The third-order valence-electron chi connectivity index (χ3n) is 2.99. The van der Waals surface area contributed by atoms with Crippen LogP contribution in [-0.2, 0) is 0 Å². The third kappa shape index (κ3) is 1.95. The van der Waals surface area contributed by atoms with Gasteiger partial charge in [0.2, 0.25) is 0 Å². The van der Waals surface area contributed by atoms with E-state index in [1.165, 1.54) is 19.3 Å². The van der Waals surface area contributed by atoms with Crippen LogP contribution < -0.4 is 11.5 Å². The van der Waals surface area contributed by atoms with Crippen molar-refractivity contribution in [2.45, 2.75) is 38.0 Å². The topological polar surface area (TPSA) is 97.8 Å². The molecule has 1 saturated carbocycles. The van der Waals surface area contributed by atoms with Crippen LogP contribution in [0, 0.1) is 0 Å². The zero-order valence-electron chi connectivity index (χ0n) is 8.62. The van der Waals surface area contributed by atoms with E-state index in [1.807, 2.05) is 0 Å². The summed E-state index contributed by atoms with van der Waals surface area (Å²) in [6.45, 7) is 0. The molecule has 0 spiro atoms. The second-order valence-corrected chi connectivity index (χ2v) is 4.08. The van der Waals surface area contributed by atoms with E-state index in [2.05, 4.69) is 9.97 Å². The fourth-order valence-electron chi connectivity index (χ4n) is 2.16. The molecule has 0 saturated heterocycles. The predicted octanol–water partition coefficient (Wildman–Crippen LogP) is 1.14. The first-order valence-corrected chi connectivity index (χ1v) is 5.33. The van der Waals surface area contributed by atoms with E-state index in [4.69, 9.17) is 11.5 Å². The second kappa shape index (κ2) is 3.92. The van der Waals surface area contributed by atoms with E-state index in [9.17, 15) is 4.79 Å². The molecule has 1 aliphatic carbocycles. The first-order valence-electron chi connectivity index (χ1n) is 5.33. The second-order valence-electron chi connectivity index (χ2n) is 4.08. The lowest BCUT2D eigenvalue weighted by Crippen LogP contribution is -2.13. The number of anilines is 1. The Hall–Kier alpha value is -1.52. The fraction of sp³-hybridized carbons (Fsp3) is 0.600. The third-order valence-corrected chi connectivity index (χ3v) is 2.99. The molecule has 0 atom stereocenters. The van der Waals surface area contributed by atoms with Gasteiger partial charge in [-0.3, -0.25) is 4.79 Å². The molecule has 0 radical (unpaired) electrons. The van der Waals surface area contributed by atoms with Crippen molar-refractivity contribution in [2.24, 2.45) is 5.73 Å². The number of aromatic nitrogens is 2. The number of rotatable bonds is 2. The minimum absolute atomic E-state index is 0.225. The molecule has 5 nitrogen and oxygen atoms in total. The molecular weight excluding hydrogens is 192 g/mol. The van der Waals surface area contributed by atoms with Gasteiger partial charge in [-0.1, -0.05) is 19.3 Å². The maximum absolute atomic E-state index is 11.0. The zero-order chi connectivity index (χ0) is 10.8. The number of amides is 1. The number of H-pyrrole nitrogens is 1. The Kier molecular flexibility index (Phi) is 2.62. The first kappa shape index (κ1) is 10.0. The average molecular weight is 208 g/mol. The summed E-state index contributed by atoms with van der Waals surface area (Å²) in [6.07, 6.45) is 5.96. The van der Waals surface area contributed by atoms with Crippen LogP contribution in [0.15, 0.2) is 0 Å². The van der Waals surface area contributed by atoms with Crippen molar-refractivity contribution in [3.8, 4) is 0 Å². The Bertz CT molecular complexity index is 365. The lowest BCUT2D eigenvalue weighted by Gasteiger charge is -2.18. The summed E-state index contributed by atoms with van der Waals surface area (Å²) in [6, 6.07) is 0. The zero-order valence-corrected chi connectivity index (χ0v) is 8.62. The number of nitrogens with two attached hydrogens (primary N) is 2. The molecule has 1 aromatic rings. The highest BCUT2D eigenvalue weighted by Crippen LogP contribution is 2.31. The highest BCUT2D eigenvalue weighted by atomic mass is 16.1. The van der Waals surface area contributed by atoms with Gasteiger partial charge in [-0.25, -0.2) is 4.98 Å². The van der Waals surface area contributed by atoms with Crippen molar-refractivity contribution < 1.29 is 4.79 Å². The summed E-state index contributed by atoms with van der Waals surface area (Å²) < 4.78 is 0. The van der Waals surface area contributed by atoms with Crippen molar-refractivity contribution in [3.05, 3.63) is 11.5 Å². The number of primary amides is 1. The number of aromatic amines is 1. The van der Waals surface area contributed by atoms with Crippen molar-refractivity contribution in [1.29, 1.82) is 0 Å². The summed E-state index contributed by atoms with van der Waals surface area (Å²) in [5.74, 6) is 0.917. The minimum atomic E-state index is -0.540. The highest BCUT2D eigenvalue weighted by Gasteiger charge is 2.21. The van der Waals surface area contributed by atoms with Gasteiger partial charge in [0.25, 0.3) is 5.91 Å². The fourth-order valence-corrected chi connectivity index (χ4v) is 2.16. The van der Waals surface area contributed by atoms with Crippen molar-refractivity contribution >= 4 is 11.7 Å². The smallest absolute Gasteiger partial charge is 0.269 e. The summed E-state index contributed by atoms with van der Waals surface area (Å²) in [7, 11) is 0.